The number of aromatic nitrogens is 1. The zero-order chi connectivity index (χ0) is 14.5. The molecule has 0 saturated carbocycles. The normalized spacial score (nSPS) is 18.6. The van der Waals surface area contributed by atoms with Gasteiger partial charge in [-0.15, -0.1) is 0 Å². The second-order valence-corrected chi connectivity index (χ2v) is 5.54. The summed E-state index contributed by atoms with van der Waals surface area (Å²) in [4.78, 5) is 16.5. The SMILES string of the molecule is O=C(NCCc1cccc2cccnc12)[C@H]1CCCCN1. The zero-order valence-electron chi connectivity index (χ0n) is 12.1. The molecule has 1 aliphatic rings. The van der Waals surface area contributed by atoms with Gasteiger partial charge in [0.15, 0.2) is 0 Å². The van der Waals surface area contributed by atoms with Gasteiger partial charge in [-0.1, -0.05) is 30.7 Å². The van der Waals surface area contributed by atoms with Crippen LogP contribution < -0.4 is 10.6 Å². The quantitative estimate of drug-likeness (QED) is 0.903. The van der Waals surface area contributed by atoms with Crippen molar-refractivity contribution in [1.82, 2.24) is 15.6 Å². The maximum atomic E-state index is 12.1. The molecule has 0 unspecified atom stereocenters. The van der Waals surface area contributed by atoms with Crippen molar-refractivity contribution in [2.24, 2.45) is 0 Å². The number of fused-ring (bicyclic) bond motifs is 1. The first-order chi connectivity index (χ1) is 10.3. The van der Waals surface area contributed by atoms with Crippen molar-refractivity contribution in [2.75, 3.05) is 13.1 Å². The fourth-order valence-corrected chi connectivity index (χ4v) is 2.89. The summed E-state index contributed by atoms with van der Waals surface area (Å²) in [5.74, 6) is 0.128. The first-order valence-corrected chi connectivity index (χ1v) is 7.68. The molecule has 21 heavy (non-hydrogen) atoms. The van der Waals surface area contributed by atoms with Gasteiger partial charge in [-0.3, -0.25) is 9.78 Å². The third kappa shape index (κ3) is 3.39. The Morgan fingerprint density at radius 1 is 1.29 bits per heavy atom. The Hall–Kier alpha value is -1.94. The highest BCUT2D eigenvalue weighted by molar-refractivity contribution is 5.83. The maximum absolute atomic E-state index is 12.1. The van der Waals surface area contributed by atoms with E-state index in [2.05, 4.69) is 33.8 Å². The lowest BCUT2D eigenvalue weighted by Crippen LogP contribution is -2.47. The average molecular weight is 283 g/mol. The van der Waals surface area contributed by atoms with Gasteiger partial charge in [-0.05, 0) is 37.4 Å². The Morgan fingerprint density at radius 3 is 3.05 bits per heavy atom. The molecule has 3 rings (SSSR count). The van der Waals surface area contributed by atoms with Crippen LogP contribution in [0.15, 0.2) is 36.5 Å². The predicted octanol–water partition coefficient (Wildman–Crippen LogP) is 2.04. The fourth-order valence-electron chi connectivity index (χ4n) is 2.89. The monoisotopic (exact) mass is 283 g/mol. The van der Waals surface area contributed by atoms with Gasteiger partial charge in [0.1, 0.15) is 0 Å². The summed E-state index contributed by atoms with van der Waals surface area (Å²) in [7, 11) is 0. The molecule has 1 aromatic heterocycles. The van der Waals surface area contributed by atoms with Crippen LogP contribution in [-0.2, 0) is 11.2 Å². The summed E-state index contributed by atoms with van der Waals surface area (Å²) in [5, 5.41) is 7.46. The Morgan fingerprint density at radius 2 is 2.19 bits per heavy atom. The van der Waals surface area contributed by atoms with Gasteiger partial charge < -0.3 is 10.6 Å². The standard InChI is InChI=1S/C17H21N3O/c21-17(15-8-1-2-10-18-15)20-12-9-14-6-3-5-13-7-4-11-19-16(13)14/h3-7,11,15,18H,1-2,8-10,12H2,(H,20,21)/t15-/m1/s1. The molecule has 110 valence electrons. The van der Waals surface area contributed by atoms with Gasteiger partial charge in [-0.2, -0.15) is 0 Å². The molecule has 2 aromatic rings. The third-order valence-corrected chi connectivity index (χ3v) is 4.04. The molecule has 1 saturated heterocycles. The lowest BCUT2D eigenvalue weighted by atomic mass is 10.0. The third-order valence-electron chi connectivity index (χ3n) is 4.04. The number of hydrogen-bond donors (Lipinski definition) is 2. The summed E-state index contributed by atoms with van der Waals surface area (Å²) in [5.41, 5.74) is 2.22. The zero-order valence-corrected chi connectivity index (χ0v) is 12.1. The molecular weight excluding hydrogens is 262 g/mol. The molecule has 1 atom stereocenters. The molecule has 1 aliphatic heterocycles. The van der Waals surface area contributed by atoms with Crippen LogP contribution in [0, 0.1) is 0 Å². The number of carbonyl (C=O) groups is 1. The molecule has 1 aromatic carbocycles. The molecule has 2 heterocycles. The number of hydrogen-bond acceptors (Lipinski definition) is 3. The van der Waals surface area contributed by atoms with Gasteiger partial charge in [0.2, 0.25) is 5.91 Å². The van der Waals surface area contributed by atoms with E-state index in [4.69, 9.17) is 0 Å². The Bertz CT molecular complexity index is 615. The van der Waals surface area contributed by atoms with E-state index in [9.17, 15) is 4.79 Å². The van der Waals surface area contributed by atoms with Crippen LogP contribution in [0.5, 0.6) is 0 Å². The van der Waals surface area contributed by atoms with E-state index in [-0.39, 0.29) is 11.9 Å². The van der Waals surface area contributed by atoms with Crippen LogP contribution in [-0.4, -0.2) is 30.0 Å². The van der Waals surface area contributed by atoms with E-state index in [1.54, 1.807) is 0 Å². The van der Waals surface area contributed by atoms with Gasteiger partial charge in [0, 0.05) is 18.1 Å². The lowest BCUT2D eigenvalue weighted by molar-refractivity contribution is -0.123. The highest BCUT2D eigenvalue weighted by Gasteiger charge is 2.19. The molecule has 0 radical (unpaired) electrons. The fraction of sp³-hybridized carbons (Fsp3) is 0.412. The van der Waals surface area contributed by atoms with Gasteiger partial charge in [0.25, 0.3) is 0 Å². The number of carbonyl (C=O) groups excluding carboxylic acids is 1. The van der Waals surface area contributed by atoms with E-state index < -0.39 is 0 Å². The molecule has 0 aliphatic carbocycles. The molecule has 1 fully saturated rings. The number of rotatable bonds is 4. The van der Waals surface area contributed by atoms with Crippen molar-refractivity contribution < 1.29 is 4.79 Å². The van der Waals surface area contributed by atoms with Crippen LogP contribution in [0.1, 0.15) is 24.8 Å². The van der Waals surface area contributed by atoms with Crippen LogP contribution in [0.25, 0.3) is 10.9 Å². The Balaban J connectivity index is 1.58. The van der Waals surface area contributed by atoms with Crippen molar-refractivity contribution in [3.63, 3.8) is 0 Å². The van der Waals surface area contributed by atoms with Crippen LogP contribution in [0.3, 0.4) is 0 Å². The minimum atomic E-state index is -0.00982. The summed E-state index contributed by atoms with van der Waals surface area (Å²) in [6, 6.07) is 10.2. The van der Waals surface area contributed by atoms with Gasteiger partial charge >= 0.3 is 0 Å². The van der Waals surface area contributed by atoms with Crippen LogP contribution in [0.2, 0.25) is 0 Å². The van der Waals surface area contributed by atoms with E-state index in [1.165, 1.54) is 12.0 Å². The van der Waals surface area contributed by atoms with E-state index in [0.717, 1.165) is 36.7 Å². The molecular formula is C17H21N3O. The summed E-state index contributed by atoms with van der Waals surface area (Å²) in [6.07, 6.45) is 5.88. The van der Waals surface area contributed by atoms with Crippen molar-refractivity contribution in [1.29, 1.82) is 0 Å². The first-order valence-electron chi connectivity index (χ1n) is 7.68. The second-order valence-electron chi connectivity index (χ2n) is 5.54. The molecule has 0 spiro atoms. The summed E-state index contributed by atoms with van der Waals surface area (Å²) in [6.45, 7) is 1.61. The minimum Gasteiger partial charge on any atom is -0.354 e. The second kappa shape index (κ2) is 6.68. The topological polar surface area (TPSA) is 54.0 Å². The Kier molecular flexibility index (Phi) is 4.46. The summed E-state index contributed by atoms with van der Waals surface area (Å²) >= 11 is 0. The van der Waals surface area contributed by atoms with Crippen molar-refractivity contribution >= 4 is 16.8 Å². The number of pyridine rings is 1. The number of nitrogens with one attached hydrogen (secondary N) is 2. The highest BCUT2D eigenvalue weighted by Crippen LogP contribution is 2.16. The van der Waals surface area contributed by atoms with Crippen LogP contribution >= 0.6 is 0 Å². The first kappa shape index (κ1) is 14.0. The molecule has 1 amide bonds. The van der Waals surface area contributed by atoms with E-state index >= 15 is 0 Å². The largest absolute Gasteiger partial charge is 0.354 e. The van der Waals surface area contributed by atoms with Crippen molar-refractivity contribution in [2.45, 2.75) is 31.7 Å². The number of piperidine rings is 1. The molecule has 2 N–H and O–H groups in total. The van der Waals surface area contributed by atoms with Gasteiger partial charge in [-0.25, -0.2) is 0 Å². The molecule has 4 heteroatoms. The highest BCUT2D eigenvalue weighted by atomic mass is 16.2. The average Bonchev–Trinajstić information content (AvgIpc) is 2.56. The van der Waals surface area contributed by atoms with Crippen molar-refractivity contribution in [3.8, 4) is 0 Å². The predicted molar refractivity (Wildman–Crippen MR) is 84.1 cm³/mol. The number of para-hydroxylation sites is 1. The van der Waals surface area contributed by atoms with Crippen molar-refractivity contribution in [3.05, 3.63) is 42.1 Å². The lowest BCUT2D eigenvalue weighted by Gasteiger charge is -2.22. The van der Waals surface area contributed by atoms with Crippen LogP contribution in [0.4, 0.5) is 0 Å². The smallest absolute Gasteiger partial charge is 0.237 e. The number of benzene rings is 1. The molecule has 4 nitrogen and oxygen atoms in total. The van der Waals surface area contributed by atoms with Gasteiger partial charge in [0.05, 0.1) is 11.6 Å². The molecule has 0 bridgehead atoms. The Labute approximate surface area is 125 Å². The maximum Gasteiger partial charge on any atom is 0.237 e. The number of nitrogens with zero attached hydrogens (tertiary/aromatic N) is 1. The van der Waals surface area contributed by atoms with E-state index in [1.807, 2.05) is 18.3 Å². The van der Waals surface area contributed by atoms with E-state index in [0.29, 0.717) is 6.54 Å². The summed E-state index contributed by atoms with van der Waals surface area (Å²) < 4.78 is 0. The minimum absolute atomic E-state index is 0.00982. The number of amides is 1.